The van der Waals surface area contributed by atoms with Crippen molar-refractivity contribution in [3.8, 4) is 11.1 Å². The predicted molar refractivity (Wildman–Crippen MR) is 70.3 cm³/mol. The maximum atomic E-state index is 5.64. The summed E-state index contributed by atoms with van der Waals surface area (Å²) in [4.78, 5) is 0. The molecule has 0 aliphatic carbocycles. The monoisotopic (exact) mass is 244 g/mol. The smallest absolute Gasteiger partial charge is 0.205 e. The molecule has 17 heavy (non-hydrogen) atoms. The lowest BCUT2D eigenvalue weighted by atomic mass is 10.1. The molecule has 1 aliphatic rings. The summed E-state index contributed by atoms with van der Waals surface area (Å²) in [5.74, 6) is 0. The molecule has 2 aromatic rings. The molecule has 0 amide bonds. The molecule has 1 heterocycles. The number of benzene rings is 2. The van der Waals surface area contributed by atoms with E-state index in [2.05, 4.69) is 42.5 Å². The van der Waals surface area contributed by atoms with Crippen molar-refractivity contribution in [3.63, 3.8) is 0 Å². The third-order valence-electron chi connectivity index (χ3n) is 2.69. The highest BCUT2D eigenvalue weighted by Gasteiger charge is 2.22. The van der Waals surface area contributed by atoms with Crippen molar-refractivity contribution in [3.05, 3.63) is 54.6 Å². The van der Waals surface area contributed by atoms with Crippen LogP contribution in [0.25, 0.3) is 11.1 Å². The molecule has 0 spiro atoms. The highest BCUT2D eigenvalue weighted by molar-refractivity contribution is 7.56. The summed E-state index contributed by atoms with van der Waals surface area (Å²) in [6.07, 6.45) is 0. The van der Waals surface area contributed by atoms with Gasteiger partial charge in [0.25, 0.3) is 0 Å². The van der Waals surface area contributed by atoms with Crippen molar-refractivity contribution in [1.29, 1.82) is 0 Å². The molecule has 1 saturated heterocycles. The van der Waals surface area contributed by atoms with Crippen molar-refractivity contribution in [2.45, 2.75) is 0 Å². The highest BCUT2D eigenvalue weighted by Crippen LogP contribution is 2.43. The lowest BCUT2D eigenvalue weighted by Crippen LogP contribution is -2.04. The Morgan fingerprint density at radius 2 is 1.41 bits per heavy atom. The third kappa shape index (κ3) is 2.25. The molecule has 0 unspecified atom stereocenters. The Balaban J connectivity index is 2.04. The minimum atomic E-state index is -0.885. The maximum absolute atomic E-state index is 5.64. The van der Waals surface area contributed by atoms with Crippen molar-refractivity contribution >= 4 is 13.7 Å². The Labute approximate surface area is 102 Å². The van der Waals surface area contributed by atoms with Gasteiger partial charge in [0.15, 0.2) is 0 Å². The zero-order chi connectivity index (χ0) is 11.5. The second-order valence-electron chi connectivity index (χ2n) is 3.81. The molecule has 2 nitrogen and oxygen atoms in total. The topological polar surface area (TPSA) is 18.5 Å². The van der Waals surface area contributed by atoms with E-state index in [9.17, 15) is 0 Å². The Morgan fingerprint density at radius 1 is 0.765 bits per heavy atom. The van der Waals surface area contributed by atoms with E-state index in [1.54, 1.807) is 0 Å². The van der Waals surface area contributed by atoms with Gasteiger partial charge in [-0.25, -0.2) is 0 Å². The summed E-state index contributed by atoms with van der Waals surface area (Å²) >= 11 is 0. The van der Waals surface area contributed by atoms with Gasteiger partial charge in [-0.2, -0.15) is 0 Å². The summed E-state index contributed by atoms with van der Waals surface area (Å²) < 4.78 is 11.3. The number of hydrogen-bond donors (Lipinski definition) is 0. The average Bonchev–Trinajstić information content (AvgIpc) is 2.94. The molecule has 0 bridgehead atoms. The second kappa shape index (κ2) is 4.97. The lowest BCUT2D eigenvalue weighted by Gasteiger charge is -2.13. The van der Waals surface area contributed by atoms with Gasteiger partial charge < -0.3 is 9.05 Å². The minimum Gasteiger partial charge on any atom is -0.328 e. The fourth-order valence-corrected chi connectivity index (χ4v) is 3.35. The van der Waals surface area contributed by atoms with Crippen LogP contribution >= 0.6 is 8.38 Å². The summed E-state index contributed by atoms with van der Waals surface area (Å²) in [5.41, 5.74) is 2.42. The molecule has 1 fully saturated rings. The van der Waals surface area contributed by atoms with E-state index in [4.69, 9.17) is 9.05 Å². The standard InChI is InChI=1S/C14H13O2P/c1-2-6-12(7-3-1)13-8-4-5-9-14(13)17-15-10-11-16-17/h1-9H,10-11H2. The molecule has 3 rings (SSSR count). The van der Waals surface area contributed by atoms with E-state index in [0.29, 0.717) is 13.2 Å². The van der Waals surface area contributed by atoms with Gasteiger partial charge in [0.05, 0.1) is 13.2 Å². The SMILES string of the molecule is c1ccc(-c2ccccc2P2OCCO2)cc1. The van der Waals surface area contributed by atoms with Crippen LogP contribution in [0.4, 0.5) is 0 Å². The Bertz CT molecular complexity index is 493. The second-order valence-corrected chi connectivity index (χ2v) is 5.32. The minimum absolute atomic E-state index is 0.703. The molecular weight excluding hydrogens is 231 g/mol. The van der Waals surface area contributed by atoms with Gasteiger partial charge in [-0.3, -0.25) is 0 Å². The van der Waals surface area contributed by atoms with E-state index >= 15 is 0 Å². The van der Waals surface area contributed by atoms with Crippen LogP contribution in [0.5, 0.6) is 0 Å². The van der Waals surface area contributed by atoms with E-state index in [-0.39, 0.29) is 0 Å². The van der Waals surface area contributed by atoms with Crippen molar-refractivity contribution in [2.75, 3.05) is 13.2 Å². The molecule has 0 atom stereocenters. The average molecular weight is 244 g/mol. The van der Waals surface area contributed by atoms with Gasteiger partial charge >= 0.3 is 0 Å². The number of hydrogen-bond acceptors (Lipinski definition) is 2. The summed E-state index contributed by atoms with van der Waals surface area (Å²) in [7, 11) is -0.885. The van der Waals surface area contributed by atoms with Gasteiger partial charge in [-0.05, 0) is 17.2 Å². The van der Waals surface area contributed by atoms with E-state index < -0.39 is 8.38 Å². The first-order valence-electron chi connectivity index (χ1n) is 5.65. The number of rotatable bonds is 2. The molecule has 3 heteroatoms. The molecule has 0 radical (unpaired) electrons. The molecule has 86 valence electrons. The first kappa shape index (κ1) is 10.9. The summed E-state index contributed by atoms with van der Waals surface area (Å²) in [6, 6.07) is 18.7. The van der Waals surface area contributed by atoms with Crippen LogP contribution in [0.1, 0.15) is 0 Å². The van der Waals surface area contributed by atoms with E-state index in [1.807, 2.05) is 12.1 Å². The molecule has 0 saturated carbocycles. The lowest BCUT2D eigenvalue weighted by molar-refractivity contribution is 0.365. The van der Waals surface area contributed by atoms with Crippen LogP contribution in [0.15, 0.2) is 54.6 Å². The largest absolute Gasteiger partial charge is 0.328 e. The van der Waals surface area contributed by atoms with Gasteiger partial charge in [0.1, 0.15) is 0 Å². The highest BCUT2D eigenvalue weighted by atomic mass is 31.2. The van der Waals surface area contributed by atoms with Gasteiger partial charge in [-0.1, -0.05) is 48.5 Å². The predicted octanol–water partition coefficient (Wildman–Crippen LogP) is 3.34. The molecule has 0 aromatic heterocycles. The summed E-state index contributed by atoms with van der Waals surface area (Å²) in [6.45, 7) is 1.41. The zero-order valence-corrected chi connectivity index (χ0v) is 10.3. The third-order valence-corrected chi connectivity index (χ3v) is 4.30. The van der Waals surface area contributed by atoms with Crippen LogP contribution in [-0.4, -0.2) is 13.2 Å². The van der Waals surface area contributed by atoms with E-state index in [0.717, 1.165) is 0 Å². The molecular formula is C14H13O2P. The van der Waals surface area contributed by atoms with Crippen LogP contribution in [0, 0.1) is 0 Å². The van der Waals surface area contributed by atoms with Crippen molar-refractivity contribution < 1.29 is 9.05 Å². The first-order valence-corrected chi connectivity index (χ1v) is 6.83. The Hall–Kier alpha value is -1.21. The van der Waals surface area contributed by atoms with Crippen LogP contribution in [0.3, 0.4) is 0 Å². The molecule has 1 aliphatic heterocycles. The summed E-state index contributed by atoms with van der Waals surface area (Å²) in [5, 5.41) is 1.17. The fourth-order valence-electron chi connectivity index (χ4n) is 1.91. The van der Waals surface area contributed by atoms with Gasteiger partial charge in [0, 0.05) is 5.30 Å². The maximum Gasteiger partial charge on any atom is 0.205 e. The van der Waals surface area contributed by atoms with Gasteiger partial charge in [-0.15, -0.1) is 0 Å². The van der Waals surface area contributed by atoms with Gasteiger partial charge in [0.2, 0.25) is 8.38 Å². The van der Waals surface area contributed by atoms with Crippen LogP contribution in [0.2, 0.25) is 0 Å². The van der Waals surface area contributed by atoms with Crippen molar-refractivity contribution in [1.82, 2.24) is 0 Å². The molecule has 0 N–H and O–H groups in total. The van der Waals surface area contributed by atoms with E-state index in [1.165, 1.54) is 16.4 Å². The fraction of sp³-hybridized carbons (Fsp3) is 0.143. The zero-order valence-electron chi connectivity index (χ0n) is 9.37. The van der Waals surface area contributed by atoms with Crippen LogP contribution in [-0.2, 0) is 9.05 Å². The quantitative estimate of drug-likeness (QED) is 0.754. The van der Waals surface area contributed by atoms with Crippen LogP contribution < -0.4 is 5.30 Å². The normalized spacial score (nSPS) is 16.2. The Kier molecular flexibility index (Phi) is 3.19. The first-order chi connectivity index (χ1) is 8.45. The van der Waals surface area contributed by atoms with Crippen molar-refractivity contribution in [2.24, 2.45) is 0 Å². The molecule has 2 aromatic carbocycles. The Morgan fingerprint density at radius 3 is 2.18 bits per heavy atom.